The van der Waals surface area contributed by atoms with Crippen molar-refractivity contribution < 1.29 is 4.74 Å². The highest BCUT2D eigenvalue weighted by atomic mass is 16.5. The predicted molar refractivity (Wildman–Crippen MR) is 74.1 cm³/mol. The average molecular weight is 262 g/mol. The third-order valence-electron chi connectivity index (χ3n) is 3.92. The van der Waals surface area contributed by atoms with Crippen LogP contribution in [-0.4, -0.2) is 42.3 Å². The molecule has 0 unspecified atom stereocenters. The summed E-state index contributed by atoms with van der Waals surface area (Å²) in [5.74, 6) is 0.974. The molecule has 2 fully saturated rings. The Hall–Kier alpha value is -1.20. The second-order valence-corrected chi connectivity index (χ2v) is 5.48. The Balaban J connectivity index is 1.63. The number of ether oxygens (including phenoxy) is 1. The maximum Gasteiger partial charge on any atom is 0.147 e. The lowest BCUT2D eigenvalue weighted by molar-refractivity contribution is 0.0853. The van der Waals surface area contributed by atoms with Gasteiger partial charge < -0.3 is 15.0 Å². The molecule has 19 heavy (non-hydrogen) atoms. The fourth-order valence-corrected chi connectivity index (χ4v) is 2.45. The number of hydrogen-bond acceptors (Lipinski definition) is 5. The molecule has 1 aromatic rings. The Labute approximate surface area is 114 Å². The highest BCUT2D eigenvalue weighted by molar-refractivity contribution is 5.36. The number of hydrogen-bond donors (Lipinski definition) is 1. The van der Waals surface area contributed by atoms with Gasteiger partial charge in [-0.2, -0.15) is 0 Å². The first-order valence-corrected chi connectivity index (χ1v) is 7.18. The molecule has 1 aliphatic carbocycles. The summed E-state index contributed by atoms with van der Waals surface area (Å²) >= 11 is 0. The van der Waals surface area contributed by atoms with Crippen LogP contribution in [-0.2, 0) is 11.3 Å². The van der Waals surface area contributed by atoms with Gasteiger partial charge in [0, 0.05) is 45.1 Å². The third kappa shape index (κ3) is 3.42. The first kappa shape index (κ1) is 12.8. The smallest absolute Gasteiger partial charge is 0.147 e. The highest BCUT2D eigenvalue weighted by Gasteiger charge is 2.21. The molecule has 0 bridgehead atoms. The van der Waals surface area contributed by atoms with Crippen LogP contribution in [0.15, 0.2) is 12.4 Å². The Morgan fingerprint density at radius 1 is 1.26 bits per heavy atom. The van der Waals surface area contributed by atoms with Crippen LogP contribution in [0.3, 0.4) is 0 Å². The lowest BCUT2D eigenvalue weighted by Crippen LogP contribution is -2.37. The SMILES string of the molecule is CN(c1cncc(CNC2CC2)n1)C1CCOCC1. The van der Waals surface area contributed by atoms with E-state index in [0.29, 0.717) is 12.1 Å². The molecule has 3 rings (SSSR count). The average Bonchev–Trinajstić information content (AvgIpc) is 3.30. The second kappa shape index (κ2) is 5.84. The number of aromatic nitrogens is 2. The van der Waals surface area contributed by atoms with Crippen LogP contribution < -0.4 is 10.2 Å². The van der Waals surface area contributed by atoms with Crippen LogP contribution in [0.2, 0.25) is 0 Å². The predicted octanol–water partition coefficient (Wildman–Crippen LogP) is 1.34. The maximum atomic E-state index is 5.41. The summed E-state index contributed by atoms with van der Waals surface area (Å²) in [5, 5.41) is 3.48. The second-order valence-electron chi connectivity index (χ2n) is 5.48. The standard InChI is InChI=1S/C14H22N4O/c1-18(13-4-6-19-7-5-13)14-10-15-8-12(17-14)9-16-11-2-3-11/h8,10-11,13,16H,2-7,9H2,1H3. The van der Waals surface area contributed by atoms with Crippen molar-refractivity contribution in [2.24, 2.45) is 0 Å². The quantitative estimate of drug-likeness (QED) is 0.868. The van der Waals surface area contributed by atoms with Gasteiger partial charge in [0.05, 0.1) is 11.9 Å². The summed E-state index contributed by atoms with van der Waals surface area (Å²) in [5.41, 5.74) is 1.03. The largest absolute Gasteiger partial charge is 0.381 e. The molecule has 0 amide bonds. The molecule has 1 aliphatic heterocycles. The topological polar surface area (TPSA) is 50.3 Å². The van der Waals surface area contributed by atoms with E-state index in [1.165, 1.54) is 12.8 Å². The molecule has 104 valence electrons. The van der Waals surface area contributed by atoms with Crippen molar-refractivity contribution >= 4 is 5.82 Å². The van der Waals surface area contributed by atoms with Crippen molar-refractivity contribution in [1.29, 1.82) is 0 Å². The van der Waals surface area contributed by atoms with E-state index >= 15 is 0 Å². The number of nitrogens with one attached hydrogen (secondary N) is 1. The minimum Gasteiger partial charge on any atom is -0.381 e. The molecule has 2 heterocycles. The molecule has 5 heteroatoms. The van der Waals surface area contributed by atoms with E-state index in [2.05, 4.69) is 22.2 Å². The van der Waals surface area contributed by atoms with Crippen molar-refractivity contribution in [2.75, 3.05) is 25.2 Å². The number of rotatable bonds is 5. The van der Waals surface area contributed by atoms with E-state index in [1.807, 2.05) is 12.4 Å². The normalized spacial score (nSPS) is 20.5. The molecule has 0 aromatic carbocycles. The third-order valence-corrected chi connectivity index (χ3v) is 3.92. The molecular formula is C14H22N4O. The van der Waals surface area contributed by atoms with Gasteiger partial charge in [0.25, 0.3) is 0 Å². The molecule has 5 nitrogen and oxygen atoms in total. The van der Waals surface area contributed by atoms with E-state index in [4.69, 9.17) is 9.72 Å². The lowest BCUT2D eigenvalue weighted by Gasteiger charge is -2.31. The van der Waals surface area contributed by atoms with E-state index in [-0.39, 0.29) is 0 Å². The van der Waals surface area contributed by atoms with Crippen molar-refractivity contribution in [1.82, 2.24) is 15.3 Å². The summed E-state index contributed by atoms with van der Waals surface area (Å²) in [6.07, 6.45) is 8.46. The van der Waals surface area contributed by atoms with Gasteiger partial charge in [-0.1, -0.05) is 0 Å². The van der Waals surface area contributed by atoms with Gasteiger partial charge in [0.2, 0.25) is 0 Å². The number of nitrogens with zero attached hydrogens (tertiary/aromatic N) is 3. The first-order chi connectivity index (χ1) is 9.33. The molecule has 1 N–H and O–H groups in total. The molecule has 1 saturated carbocycles. The van der Waals surface area contributed by atoms with Crippen LogP contribution in [0.5, 0.6) is 0 Å². The van der Waals surface area contributed by atoms with Crippen LogP contribution in [0.4, 0.5) is 5.82 Å². The Morgan fingerprint density at radius 2 is 2.05 bits per heavy atom. The van der Waals surface area contributed by atoms with Gasteiger partial charge >= 0.3 is 0 Å². The van der Waals surface area contributed by atoms with Crippen LogP contribution in [0, 0.1) is 0 Å². The Bertz CT molecular complexity index is 416. The van der Waals surface area contributed by atoms with Gasteiger partial charge in [-0.05, 0) is 25.7 Å². The van der Waals surface area contributed by atoms with Gasteiger partial charge in [0.1, 0.15) is 5.82 Å². The zero-order valence-electron chi connectivity index (χ0n) is 11.5. The first-order valence-electron chi connectivity index (χ1n) is 7.18. The fourth-order valence-electron chi connectivity index (χ4n) is 2.45. The number of anilines is 1. The molecule has 2 aliphatic rings. The zero-order valence-corrected chi connectivity index (χ0v) is 11.5. The van der Waals surface area contributed by atoms with Crippen molar-refractivity contribution in [2.45, 2.75) is 44.3 Å². The van der Waals surface area contributed by atoms with E-state index in [9.17, 15) is 0 Å². The van der Waals surface area contributed by atoms with Crippen LogP contribution in [0.25, 0.3) is 0 Å². The summed E-state index contributed by atoms with van der Waals surface area (Å²) in [7, 11) is 2.11. The van der Waals surface area contributed by atoms with Crippen molar-refractivity contribution in [3.63, 3.8) is 0 Å². The Morgan fingerprint density at radius 3 is 2.79 bits per heavy atom. The zero-order chi connectivity index (χ0) is 13.1. The van der Waals surface area contributed by atoms with Crippen LogP contribution >= 0.6 is 0 Å². The lowest BCUT2D eigenvalue weighted by atomic mass is 10.1. The van der Waals surface area contributed by atoms with E-state index in [1.54, 1.807) is 0 Å². The molecule has 1 aromatic heterocycles. The minimum atomic E-state index is 0.523. The van der Waals surface area contributed by atoms with E-state index < -0.39 is 0 Å². The summed E-state index contributed by atoms with van der Waals surface area (Å²) in [4.78, 5) is 11.3. The van der Waals surface area contributed by atoms with E-state index in [0.717, 1.165) is 44.1 Å². The molecule has 0 atom stereocenters. The molecule has 1 saturated heterocycles. The molecule has 0 spiro atoms. The van der Waals surface area contributed by atoms with Crippen molar-refractivity contribution in [3.8, 4) is 0 Å². The summed E-state index contributed by atoms with van der Waals surface area (Å²) in [6.45, 7) is 2.53. The monoisotopic (exact) mass is 262 g/mol. The van der Waals surface area contributed by atoms with Gasteiger partial charge in [-0.25, -0.2) is 4.98 Å². The molecular weight excluding hydrogens is 240 g/mol. The maximum absolute atomic E-state index is 5.41. The van der Waals surface area contributed by atoms with Gasteiger partial charge in [-0.3, -0.25) is 4.98 Å². The van der Waals surface area contributed by atoms with Gasteiger partial charge in [-0.15, -0.1) is 0 Å². The van der Waals surface area contributed by atoms with Crippen molar-refractivity contribution in [3.05, 3.63) is 18.1 Å². The summed E-state index contributed by atoms with van der Waals surface area (Å²) in [6, 6.07) is 1.23. The van der Waals surface area contributed by atoms with Gasteiger partial charge in [0.15, 0.2) is 0 Å². The van der Waals surface area contributed by atoms with Crippen LogP contribution in [0.1, 0.15) is 31.4 Å². The Kier molecular flexibility index (Phi) is 3.94. The highest BCUT2D eigenvalue weighted by Crippen LogP contribution is 2.20. The fraction of sp³-hybridized carbons (Fsp3) is 0.714. The molecule has 0 radical (unpaired) electrons. The summed E-state index contributed by atoms with van der Waals surface area (Å²) < 4.78 is 5.41. The minimum absolute atomic E-state index is 0.523.